The van der Waals surface area contributed by atoms with Gasteiger partial charge in [-0.2, -0.15) is 5.26 Å². The molecule has 1 heterocycles. The fraction of sp³-hybridized carbons (Fsp3) is 0.467. The van der Waals surface area contributed by atoms with Gasteiger partial charge in [-0.15, -0.1) is 0 Å². The fourth-order valence-corrected chi connectivity index (χ4v) is 6.21. The molecule has 1 aliphatic rings. The van der Waals surface area contributed by atoms with E-state index < -0.39 is 6.42 Å². The zero-order chi connectivity index (χ0) is 16.0. The highest BCUT2D eigenvalue weighted by Gasteiger charge is 2.41. The minimum absolute atomic E-state index is 0.271. The van der Waals surface area contributed by atoms with Crippen LogP contribution in [0.5, 0.6) is 0 Å². The lowest BCUT2D eigenvalue weighted by atomic mass is 10.2. The predicted octanol–water partition coefficient (Wildman–Crippen LogP) is 2.19. The maximum Gasteiger partial charge on any atom is 0.323 e. The van der Waals surface area contributed by atoms with Gasteiger partial charge in [-0.05, 0) is 24.6 Å². The summed E-state index contributed by atoms with van der Waals surface area (Å²) in [4.78, 5) is 12.0. The fourth-order valence-electron chi connectivity index (χ4n) is 2.57. The van der Waals surface area contributed by atoms with Gasteiger partial charge in [-0.25, -0.2) is 4.67 Å². The number of methoxy groups -OCH3 is 1. The molecule has 1 fully saturated rings. The largest absolute Gasteiger partial charge is 0.468 e. The summed E-state index contributed by atoms with van der Waals surface area (Å²) in [6.07, 6.45) is -0.675. The van der Waals surface area contributed by atoms with Crippen LogP contribution in [0.3, 0.4) is 0 Å². The number of esters is 1. The van der Waals surface area contributed by atoms with E-state index in [1.54, 1.807) is 0 Å². The number of carbonyl (C=O) groups excluding carboxylic acids is 1. The van der Waals surface area contributed by atoms with Crippen LogP contribution in [-0.4, -0.2) is 36.9 Å². The molecule has 1 saturated heterocycles. The average molecular weight is 338 g/mol. The second-order valence-electron chi connectivity index (χ2n) is 4.94. The second kappa shape index (κ2) is 7.85. The van der Waals surface area contributed by atoms with Crippen LogP contribution in [0.25, 0.3) is 0 Å². The van der Waals surface area contributed by atoms with Gasteiger partial charge in [0.25, 0.3) is 0 Å². The van der Waals surface area contributed by atoms with Gasteiger partial charge in [0, 0.05) is 11.8 Å². The molecule has 5 nitrogen and oxygen atoms in total. The number of nitriles is 1. The lowest BCUT2D eigenvalue weighted by Gasteiger charge is -2.34. The average Bonchev–Trinajstić information content (AvgIpc) is 3.05. The van der Waals surface area contributed by atoms with E-state index in [4.69, 9.17) is 26.3 Å². The Labute approximate surface area is 136 Å². The first kappa shape index (κ1) is 17.1. The molecule has 0 saturated carbocycles. The topological polar surface area (TPSA) is 62.6 Å². The van der Waals surface area contributed by atoms with Crippen molar-refractivity contribution >= 4 is 29.5 Å². The van der Waals surface area contributed by atoms with Crippen molar-refractivity contribution in [2.75, 3.05) is 20.3 Å². The highest BCUT2D eigenvalue weighted by atomic mass is 32.4. The molecule has 118 valence electrons. The van der Waals surface area contributed by atoms with Crippen molar-refractivity contribution in [3.63, 3.8) is 0 Å². The Morgan fingerprint density at radius 1 is 1.50 bits per heavy atom. The Hall–Kier alpha value is -1.25. The Kier molecular flexibility index (Phi) is 6.10. The van der Waals surface area contributed by atoms with Crippen LogP contribution >= 0.6 is 6.42 Å². The van der Waals surface area contributed by atoms with E-state index in [1.165, 1.54) is 7.11 Å². The first-order chi connectivity index (χ1) is 10.6. The molecule has 1 aromatic rings. The molecule has 1 aromatic carbocycles. The minimum atomic E-state index is -2.56. The van der Waals surface area contributed by atoms with Crippen molar-refractivity contribution in [3.05, 3.63) is 30.3 Å². The summed E-state index contributed by atoms with van der Waals surface area (Å²) in [6.45, 7) is 0.978. The molecule has 0 radical (unpaired) electrons. The Morgan fingerprint density at radius 2 is 2.23 bits per heavy atom. The van der Waals surface area contributed by atoms with Crippen LogP contribution in [0.1, 0.15) is 19.3 Å². The summed E-state index contributed by atoms with van der Waals surface area (Å²) >= 11 is 5.88. The molecule has 2 rings (SSSR count). The van der Waals surface area contributed by atoms with Crippen LogP contribution in [0.4, 0.5) is 0 Å². The molecule has 1 aliphatic heterocycles. The molecular weight excluding hydrogens is 319 g/mol. The van der Waals surface area contributed by atoms with Gasteiger partial charge >= 0.3 is 5.97 Å². The van der Waals surface area contributed by atoms with E-state index in [0.29, 0.717) is 6.54 Å². The zero-order valence-electron chi connectivity index (χ0n) is 12.5. The van der Waals surface area contributed by atoms with Crippen LogP contribution < -0.4 is 5.30 Å². The summed E-state index contributed by atoms with van der Waals surface area (Å²) in [6, 6.07) is 11.3. The van der Waals surface area contributed by atoms with Crippen molar-refractivity contribution in [2.24, 2.45) is 0 Å². The van der Waals surface area contributed by atoms with Gasteiger partial charge in [0.2, 0.25) is 0 Å². The normalized spacial score (nSPS) is 21.0. The summed E-state index contributed by atoms with van der Waals surface area (Å²) in [5.41, 5.74) is 0. The van der Waals surface area contributed by atoms with E-state index in [0.717, 1.165) is 18.1 Å². The van der Waals surface area contributed by atoms with Gasteiger partial charge in [0.1, 0.15) is 6.04 Å². The number of ether oxygens (including phenoxy) is 1. The molecule has 2 unspecified atom stereocenters. The minimum Gasteiger partial charge on any atom is -0.468 e. The third-order valence-electron chi connectivity index (χ3n) is 3.60. The van der Waals surface area contributed by atoms with Crippen LogP contribution in [0.15, 0.2) is 30.3 Å². The third-order valence-corrected chi connectivity index (χ3v) is 7.81. The summed E-state index contributed by atoms with van der Waals surface area (Å²) in [7, 11) is 1.39. The summed E-state index contributed by atoms with van der Waals surface area (Å²) in [5, 5.41) is 9.64. The van der Waals surface area contributed by atoms with Crippen LogP contribution in [0.2, 0.25) is 0 Å². The van der Waals surface area contributed by atoms with E-state index in [9.17, 15) is 4.79 Å². The highest BCUT2D eigenvalue weighted by Crippen LogP contribution is 2.54. The Bertz CT molecular complexity index is 603. The SMILES string of the molecule is COC(=O)C1CCCN1P(=S)(OCCC#N)c1ccccc1. The second-order valence-corrected chi connectivity index (χ2v) is 8.76. The number of benzene rings is 1. The van der Waals surface area contributed by atoms with Crippen molar-refractivity contribution in [2.45, 2.75) is 25.3 Å². The van der Waals surface area contributed by atoms with Crippen molar-refractivity contribution in [1.82, 2.24) is 4.67 Å². The summed E-state index contributed by atoms with van der Waals surface area (Å²) < 4.78 is 12.9. The first-order valence-electron chi connectivity index (χ1n) is 7.15. The third kappa shape index (κ3) is 3.56. The standard InChI is InChI=1S/C15H19N2O3PS/c1-19-15(18)14-9-5-11-17(14)21(22,20-12-6-10-16)13-7-3-2-4-8-13/h2-4,7-8,14H,5-6,9,11-12H2,1H3. The van der Waals surface area contributed by atoms with Crippen LogP contribution in [0, 0.1) is 11.3 Å². The maximum absolute atomic E-state index is 12.0. The number of hydrogen-bond acceptors (Lipinski definition) is 5. The number of rotatable bonds is 6. The first-order valence-corrected chi connectivity index (χ1v) is 9.83. The lowest BCUT2D eigenvalue weighted by Crippen LogP contribution is -2.37. The van der Waals surface area contributed by atoms with Gasteiger partial charge in [-0.3, -0.25) is 4.79 Å². The number of carbonyl (C=O) groups is 1. The Balaban J connectivity index is 2.34. The maximum atomic E-state index is 12.0. The molecule has 7 heteroatoms. The molecule has 22 heavy (non-hydrogen) atoms. The van der Waals surface area contributed by atoms with Gasteiger partial charge < -0.3 is 9.26 Å². The monoisotopic (exact) mass is 338 g/mol. The van der Waals surface area contributed by atoms with E-state index in [1.807, 2.05) is 35.0 Å². The van der Waals surface area contributed by atoms with Crippen molar-refractivity contribution in [3.8, 4) is 6.07 Å². The van der Waals surface area contributed by atoms with Crippen molar-refractivity contribution < 1.29 is 14.1 Å². The van der Waals surface area contributed by atoms with E-state index >= 15 is 0 Å². The quantitative estimate of drug-likeness (QED) is 0.450. The molecular formula is C15H19N2O3PS. The van der Waals surface area contributed by atoms with Crippen LogP contribution in [-0.2, 0) is 25.9 Å². The van der Waals surface area contributed by atoms with Gasteiger partial charge in [0.15, 0.2) is 6.42 Å². The zero-order valence-corrected chi connectivity index (χ0v) is 14.2. The molecule has 0 amide bonds. The van der Waals surface area contributed by atoms with Gasteiger partial charge in [-0.1, -0.05) is 30.3 Å². The highest BCUT2D eigenvalue weighted by molar-refractivity contribution is 8.14. The number of hydrogen-bond donors (Lipinski definition) is 0. The van der Waals surface area contributed by atoms with E-state index in [-0.39, 0.29) is 25.0 Å². The van der Waals surface area contributed by atoms with Gasteiger partial charge in [0.05, 0.1) is 26.2 Å². The van der Waals surface area contributed by atoms with E-state index in [2.05, 4.69) is 6.07 Å². The lowest BCUT2D eigenvalue weighted by molar-refractivity contribution is -0.144. The molecule has 2 atom stereocenters. The smallest absolute Gasteiger partial charge is 0.323 e. The molecule has 0 aromatic heterocycles. The number of nitrogens with zero attached hydrogens (tertiary/aromatic N) is 2. The summed E-state index contributed by atoms with van der Waals surface area (Å²) in [5.74, 6) is -0.272. The molecule has 0 spiro atoms. The van der Waals surface area contributed by atoms with Crippen molar-refractivity contribution in [1.29, 1.82) is 5.26 Å². The molecule has 0 bridgehead atoms. The predicted molar refractivity (Wildman–Crippen MR) is 88.3 cm³/mol. The molecule has 0 N–H and O–H groups in total. The molecule has 0 aliphatic carbocycles. The Morgan fingerprint density at radius 3 is 2.86 bits per heavy atom.